The van der Waals surface area contributed by atoms with Gasteiger partial charge in [0, 0.05) is 12.1 Å². The van der Waals surface area contributed by atoms with Crippen LogP contribution >= 0.6 is 0 Å². The van der Waals surface area contributed by atoms with Crippen molar-refractivity contribution in [1.29, 1.82) is 0 Å². The van der Waals surface area contributed by atoms with Gasteiger partial charge in [0.1, 0.15) is 11.5 Å². The van der Waals surface area contributed by atoms with E-state index >= 15 is 0 Å². The molecule has 0 aliphatic heterocycles. The Kier molecular flexibility index (Phi) is 10.2. The van der Waals surface area contributed by atoms with Crippen molar-refractivity contribution < 1.29 is 23.7 Å². The first-order chi connectivity index (χ1) is 13.1. The SMILES string of the molecule is COc1cc(COC(C)(C)C)cc(OC)c1COCCOCCNC(C)(C)C. The molecule has 0 atom stereocenters. The highest BCUT2D eigenvalue weighted by Crippen LogP contribution is 2.32. The van der Waals surface area contributed by atoms with Crippen LogP contribution in [0.5, 0.6) is 11.5 Å². The molecule has 0 fully saturated rings. The molecule has 1 N–H and O–H groups in total. The third-order valence-electron chi connectivity index (χ3n) is 3.86. The van der Waals surface area contributed by atoms with Crippen molar-refractivity contribution in [2.45, 2.75) is 65.9 Å². The van der Waals surface area contributed by atoms with E-state index < -0.39 is 0 Å². The molecule has 1 rings (SSSR count). The molecule has 1 aromatic carbocycles. The van der Waals surface area contributed by atoms with E-state index in [1.54, 1.807) is 14.2 Å². The van der Waals surface area contributed by atoms with Crippen LogP contribution in [-0.4, -0.2) is 51.7 Å². The van der Waals surface area contributed by atoms with Gasteiger partial charge in [-0.25, -0.2) is 0 Å². The summed E-state index contributed by atoms with van der Waals surface area (Å²) >= 11 is 0. The van der Waals surface area contributed by atoms with E-state index in [1.165, 1.54) is 0 Å². The smallest absolute Gasteiger partial charge is 0.128 e. The van der Waals surface area contributed by atoms with Gasteiger partial charge in [-0.2, -0.15) is 0 Å². The number of benzene rings is 1. The third kappa shape index (κ3) is 10.3. The quantitative estimate of drug-likeness (QED) is 0.539. The van der Waals surface area contributed by atoms with Crippen molar-refractivity contribution in [3.8, 4) is 11.5 Å². The molecule has 0 aliphatic rings. The number of hydrogen-bond acceptors (Lipinski definition) is 6. The minimum atomic E-state index is -0.204. The highest BCUT2D eigenvalue weighted by atomic mass is 16.5. The van der Waals surface area contributed by atoms with E-state index in [9.17, 15) is 0 Å². The van der Waals surface area contributed by atoms with E-state index in [2.05, 4.69) is 26.1 Å². The van der Waals surface area contributed by atoms with E-state index in [1.807, 2.05) is 32.9 Å². The van der Waals surface area contributed by atoms with Crippen LogP contribution in [0.4, 0.5) is 0 Å². The largest absolute Gasteiger partial charge is 0.496 e. The normalized spacial score (nSPS) is 12.3. The maximum atomic E-state index is 5.86. The average molecular weight is 398 g/mol. The predicted octanol–water partition coefficient (Wildman–Crippen LogP) is 3.94. The van der Waals surface area contributed by atoms with Gasteiger partial charge in [0.2, 0.25) is 0 Å². The third-order valence-corrected chi connectivity index (χ3v) is 3.86. The summed E-state index contributed by atoms with van der Waals surface area (Å²) in [6.07, 6.45) is 0. The van der Waals surface area contributed by atoms with Crippen molar-refractivity contribution in [1.82, 2.24) is 5.32 Å². The molecule has 28 heavy (non-hydrogen) atoms. The second-order valence-corrected chi connectivity index (χ2v) is 8.72. The fourth-order valence-electron chi connectivity index (χ4n) is 2.46. The standard InChI is InChI=1S/C22H39NO5/c1-21(2,3)23-9-10-26-11-12-27-16-18-19(24-7)13-17(14-20(18)25-8)15-28-22(4,5)6/h13-14,23H,9-12,15-16H2,1-8H3. The molecule has 0 unspecified atom stereocenters. The van der Waals surface area contributed by atoms with E-state index in [0.717, 1.165) is 29.2 Å². The van der Waals surface area contributed by atoms with Crippen LogP contribution in [0.2, 0.25) is 0 Å². The zero-order valence-corrected chi connectivity index (χ0v) is 18.9. The summed E-state index contributed by atoms with van der Waals surface area (Å²) in [5, 5.41) is 3.38. The Morgan fingerprint density at radius 3 is 1.86 bits per heavy atom. The van der Waals surface area contributed by atoms with Crippen LogP contribution in [-0.2, 0) is 27.4 Å². The first-order valence-electron chi connectivity index (χ1n) is 9.84. The van der Waals surface area contributed by atoms with E-state index in [-0.39, 0.29) is 11.1 Å². The van der Waals surface area contributed by atoms with Crippen molar-refractivity contribution in [2.24, 2.45) is 0 Å². The highest BCUT2D eigenvalue weighted by Gasteiger charge is 2.15. The molecule has 6 heteroatoms. The van der Waals surface area contributed by atoms with Gasteiger partial charge in [-0.3, -0.25) is 0 Å². The lowest BCUT2D eigenvalue weighted by atomic mass is 10.1. The molecule has 6 nitrogen and oxygen atoms in total. The van der Waals surface area contributed by atoms with Gasteiger partial charge in [-0.1, -0.05) is 0 Å². The lowest BCUT2D eigenvalue weighted by Crippen LogP contribution is -2.38. The van der Waals surface area contributed by atoms with Crippen LogP contribution in [0.15, 0.2) is 12.1 Å². The molecule has 0 spiro atoms. The molecule has 1 aromatic rings. The summed E-state index contributed by atoms with van der Waals surface area (Å²) < 4.78 is 28.3. The van der Waals surface area contributed by atoms with Gasteiger partial charge in [0.15, 0.2) is 0 Å². The molecule has 0 aliphatic carbocycles. The molecule has 0 bridgehead atoms. The Bertz CT molecular complexity index is 550. The molecule has 0 radical (unpaired) electrons. The zero-order valence-electron chi connectivity index (χ0n) is 18.9. The summed E-state index contributed by atoms with van der Waals surface area (Å²) in [7, 11) is 3.30. The summed E-state index contributed by atoms with van der Waals surface area (Å²) in [6, 6.07) is 3.95. The molecule has 162 valence electrons. The number of nitrogens with one attached hydrogen (secondary N) is 1. The topological polar surface area (TPSA) is 58.2 Å². The summed E-state index contributed by atoms with van der Waals surface area (Å²) in [5.41, 5.74) is 1.79. The van der Waals surface area contributed by atoms with Gasteiger partial charge < -0.3 is 29.0 Å². The Morgan fingerprint density at radius 1 is 0.786 bits per heavy atom. The predicted molar refractivity (Wildman–Crippen MR) is 112 cm³/mol. The zero-order chi connectivity index (χ0) is 21.2. The minimum absolute atomic E-state index is 0.108. The van der Waals surface area contributed by atoms with Gasteiger partial charge in [-0.05, 0) is 59.2 Å². The Hall–Kier alpha value is -1.34. The molecule has 0 heterocycles. The van der Waals surface area contributed by atoms with Crippen molar-refractivity contribution in [3.63, 3.8) is 0 Å². The fraction of sp³-hybridized carbons (Fsp3) is 0.727. The lowest BCUT2D eigenvalue weighted by molar-refractivity contribution is -0.0151. The van der Waals surface area contributed by atoms with Crippen LogP contribution in [0.1, 0.15) is 52.7 Å². The average Bonchev–Trinajstić information content (AvgIpc) is 2.60. The Balaban J connectivity index is 2.51. The van der Waals surface area contributed by atoms with Gasteiger partial charge >= 0.3 is 0 Å². The first kappa shape index (κ1) is 24.7. The number of methoxy groups -OCH3 is 2. The molecule has 0 saturated carbocycles. The van der Waals surface area contributed by atoms with Crippen molar-refractivity contribution >= 4 is 0 Å². The van der Waals surface area contributed by atoms with Gasteiger partial charge in [-0.15, -0.1) is 0 Å². The van der Waals surface area contributed by atoms with Crippen LogP contribution in [0, 0.1) is 0 Å². The van der Waals surface area contributed by atoms with Crippen LogP contribution in [0.3, 0.4) is 0 Å². The maximum Gasteiger partial charge on any atom is 0.128 e. The molecule has 0 aromatic heterocycles. The van der Waals surface area contributed by atoms with Crippen LogP contribution in [0.25, 0.3) is 0 Å². The molecule has 0 amide bonds. The molecule has 0 saturated heterocycles. The number of rotatable bonds is 12. The minimum Gasteiger partial charge on any atom is -0.496 e. The monoisotopic (exact) mass is 397 g/mol. The fourth-order valence-corrected chi connectivity index (χ4v) is 2.46. The first-order valence-corrected chi connectivity index (χ1v) is 9.84. The molecular weight excluding hydrogens is 358 g/mol. The Labute approximate surface area is 170 Å². The lowest BCUT2D eigenvalue weighted by Gasteiger charge is -2.21. The maximum absolute atomic E-state index is 5.86. The van der Waals surface area contributed by atoms with Crippen LogP contribution < -0.4 is 14.8 Å². The highest BCUT2D eigenvalue weighted by molar-refractivity contribution is 5.47. The second-order valence-electron chi connectivity index (χ2n) is 8.72. The number of hydrogen-bond donors (Lipinski definition) is 1. The van der Waals surface area contributed by atoms with E-state index in [0.29, 0.717) is 33.0 Å². The summed E-state index contributed by atoms with van der Waals surface area (Å²) in [5.74, 6) is 1.48. The van der Waals surface area contributed by atoms with Crippen molar-refractivity contribution in [2.75, 3.05) is 40.6 Å². The van der Waals surface area contributed by atoms with Crippen molar-refractivity contribution in [3.05, 3.63) is 23.3 Å². The van der Waals surface area contributed by atoms with Gasteiger partial charge in [0.05, 0.1) is 58.4 Å². The number of ether oxygens (including phenoxy) is 5. The van der Waals surface area contributed by atoms with E-state index in [4.69, 9.17) is 23.7 Å². The van der Waals surface area contributed by atoms with Gasteiger partial charge in [0.25, 0.3) is 0 Å². The Morgan fingerprint density at radius 2 is 1.36 bits per heavy atom. The summed E-state index contributed by atoms with van der Waals surface area (Å²) in [4.78, 5) is 0. The summed E-state index contributed by atoms with van der Waals surface area (Å²) in [6.45, 7) is 15.9. The molecular formula is C22H39NO5. The second kappa shape index (κ2) is 11.6.